The highest BCUT2D eigenvalue weighted by atomic mass is 19.1. The third-order valence-electron chi connectivity index (χ3n) is 3.00. The zero-order chi connectivity index (χ0) is 12.5. The van der Waals surface area contributed by atoms with Gasteiger partial charge >= 0.3 is 0 Å². The highest BCUT2D eigenvalue weighted by molar-refractivity contribution is 5.48. The normalized spacial score (nSPS) is 11.0. The Hall–Kier alpha value is -2.16. The van der Waals surface area contributed by atoms with Gasteiger partial charge in [-0.25, -0.2) is 9.37 Å². The van der Waals surface area contributed by atoms with E-state index in [0.29, 0.717) is 6.42 Å². The molecule has 0 spiro atoms. The first-order valence-electron chi connectivity index (χ1n) is 5.90. The van der Waals surface area contributed by atoms with Crippen molar-refractivity contribution in [3.8, 4) is 0 Å². The standard InChI is InChI=1S/C15H13FN2/c1-11-4-3-7-18-10-14(17-15(11)18)9-12-5-2-6-13(16)8-12/h2-8,10H,9H2,1H3. The number of aromatic nitrogens is 2. The smallest absolute Gasteiger partial charge is 0.139 e. The number of pyridine rings is 1. The molecule has 0 radical (unpaired) electrons. The van der Waals surface area contributed by atoms with Crippen LogP contribution in [0.4, 0.5) is 4.39 Å². The topological polar surface area (TPSA) is 17.3 Å². The Labute approximate surface area is 105 Å². The first kappa shape index (κ1) is 11.0. The van der Waals surface area contributed by atoms with Gasteiger partial charge in [0, 0.05) is 18.8 Å². The van der Waals surface area contributed by atoms with Crippen molar-refractivity contribution < 1.29 is 4.39 Å². The number of fused-ring (bicyclic) bond motifs is 1. The van der Waals surface area contributed by atoms with Crippen LogP contribution in [0, 0.1) is 12.7 Å². The number of aryl methyl sites for hydroxylation is 1. The summed E-state index contributed by atoms with van der Waals surface area (Å²) < 4.78 is 15.1. The van der Waals surface area contributed by atoms with Gasteiger partial charge in [-0.15, -0.1) is 0 Å². The van der Waals surface area contributed by atoms with Gasteiger partial charge < -0.3 is 4.40 Å². The van der Waals surface area contributed by atoms with E-state index in [-0.39, 0.29) is 5.82 Å². The third kappa shape index (κ3) is 1.99. The summed E-state index contributed by atoms with van der Waals surface area (Å²) >= 11 is 0. The number of halogens is 1. The van der Waals surface area contributed by atoms with Crippen LogP contribution in [0.15, 0.2) is 48.8 Å². The molecule has 18 heavy (non-hydrogen) atoms. The summed E-state index contributed by atoms with van der Waals surface area (Å²) in [6, 6.07) is 10.7. The summed E-state index contributed by atoms with van der Waals surface area (Å²) in [7, 11) is 0. The molecule has 0 fully saturated rings. The molecular weight excluding hydrogens is 227 g/mol. The lowest BCUT2D eigenvalue weighted by molar-refractivity contribution is 0.626. The van der Waals surface area contributed by atoms with Crippen molar-refractivity contribution in [1.82, 2.24) is 9.38 Å². The van der Waals surface area contributed by atoms with E-state index < -0.39 is 0 Å². The molecule has 3 heteroatoms. The fourth-order valence-electron chi connectivity index (χ4n) is 2.15. The number of imidazole rings is 1. The summed E-state index contributed by atoms with van der Waals surface area (Å²) in [6.45, 7) is 2.04. The SMILES string of the molecule is Cc1cccn2cc(Cc3cccc(F)c3)nc12. The lowest BCUT2D eigenvalue weighted by Crippen LogP contribution is -1.88. The van der Waals surface area contributed by atoms with E-state index in [1.54, 1.807) is 12.1 Å². The maximum absolute atomic E-state index is 13.1. The van der Waals surface area contributed by atoms with Crippen LogP contribution in [-0.4, -0.2) is 9.38 Å². The van der Waals surface area contributed by atoms with Crippen LogP contribution in [-0.2, 0) is 6.42 Å². The molecule has 3 rings (SSSR count). The van der Waals surface area contributed by atoms with E-state index in [1.807, 2.05) is 41.9 Å². The molecule has 0 unspecified atom stereocenters. The molecule has 0 amide bonds. The summed E-state index contributed by atoms with van der Waals surface area (Å²) in [5.41, 5.74) is 4.00. The molecule has 0 aliphatic carbocycles. The van der Waals surface area contributed by atoms with Gasteiger partial charge in [-0.2, -0.15) is 0 Å². The van der Waals surface area contributed by atoms with Gasteiger partial charge in [-0.05, 0) is 36.2 Å². The first-order valence-corrected chi connectivity index (χ1v) is 5.90. The van der Waals surface area contributed by atoms with Crippen LogP contribution < -0.4 is 0 Å². The summed E-state index contributed by atoms with van der Waals surface area (Å²) in [6.07, 6.45) is 4.62. The Bertz CT molecular complexity index is 701. The second-order valence-electron chi connectivity index (χ2n) is 4.46. The van der Waals surface area contributed by atoms with Crippen LogP contribution in [0.1, 0.15) is 16.8 Å². The van der Waals surface area contributed by atoms with E-state index in [1.165, 1.54) is 6.07 Å². The molecule has 0 saturated carbocycles. The molecule has 0 aliphatic heterocycles. The van der Waals surface area contributed by atoms with E-state index in [2.05, 4.69) is 4.98 Å². The molecule has 0 atom stereocenters. The average Bonchev–Trinajstić information content (AvgIpc) is 2.73. The van der Waals surface area contributed by atoms with Crippen molar-refractivity contribution in [3.05, 3.63) is 71.4 Å². The molecular formula is C15H13FN2. The Morgan fingerprint density at radius 3 is 2.89 bits per heavy atom. The van der Waals surface area contributed by atoms with E-state index >= 15 is 0 Å². The van der Waals surface area contributed by atoms with Crippen LogP contribution in [0.25, 0.3) is 5.65 Å². The summed E-state index contributed by atoms with van der Waals surface area (Å²) in [5, 5.41) is 0. The van der Waals surface area contributed by atoms with Gasteiger partial charge in [0.05, 0.1) is 5.69 Å². The number of nitrogens with zero attached hydrogens (tertiary/aromatic N) is 2. The van der Waals surface area contributed by atoms with Gasteiger partial charge in [0.25, 0.3) is 0 Å². The lowest BCUT2D eigenvalue weighted by Gasteiger charge is -1.97. The minimum Gasteiger partial charge on any atom is -0.307 e. The second kappa shape index (κ2) is 4.26. The zero-order valence-electron chi connectivity index (χ0n) is 10.1. The second-order valence-corrected chi connectivity index (χ2v) is 4.46. The van der Waals surface area contributed by atoms with Crippen molar-refractivity contribution in [2.24, 2.45) is 0 Å². The highest BCUT2D eigenvalue weighted by Crippen LogP contribution is 2.14. The Kier molecular flexibility index (Phi) is 2.59. The van der Waals surface area contributed by atoms with Gasteiger partial charge in [0.1, 0.15) is 11.5 Å². The minimum absolute atomic E-state index is 0.201. The van der Waals surface area contributed by atoms with Gasteiger partial charge in [0.2, 0.25) is 0 Å². The molecule has 0 saturated heterocycles. The first-order chi connectivity index (χ1) is 8.72. The van der Waals surface area contributed by atoms with E-state index in [0.717, 1.165) is 22.5 Å². The van der Waals surface area contributed by atoms with Crippen LogP contribution in [0.2, 0.25) is 0 Å². The van der Waals surface area contributed by atoms with Gasteiger partial charge in [-0.1, -0.05) is 18.2 Å². The van der Waals surface area contributed by atoms with Crippen molar-refractivity contribution in [1.29, 1.82) is 0 Å². The Balaban J connectivity index is 1.98. The maximum Gasteiger partial charge on any atom is 0.139 e. The van der Waals surface area contributed by atoms with Crippen LogP contribution in [0.3, 0.4) is 0 Å². The molecule has 0 N–H and O–H groups in total. The van der Waals surface area contributed by atoms with Crippen molar-refractivity contribution in [3.63, 3.8) is 0 Å². The largest absolute Gasteiger partial charge is 0.307 e. The van der Waals surface area contributed by atoms with Crippen LogP contribution in [0.5, 0.6) is 0 Å². The third-order valence-corrected chi connectivity index (χ3v) is 3.00. The Morgan fingerprint density at radius 1 is 1.22 bits per heavy atom. The molecule has 0 bridgehead atoms. The predicted molar refractivity (Wildman–Crippen MR) is 69.1 cm³/mol. The number of rotatable bonds is 2. The van der Waals surface area contributed by atoms with Crippen LogP contribution >= 0.6 is 0 Å². The molecule has 2 aromatic heterocycles. The maximum atomic E-state index is 13.1. The number of benzene rings is 1. The number of hydrogen-bond acceptors (Lipinski definition) is 1. The van der Waals surface area contributed by atoms with Crippen molar-refractivity contribution in [2.45, 2.75) is 13.3 Å². The van der Waals surface area contributed by atoms with E-state index in [4.69, 9.17) is 0 Å². The van der Waals surface area contributed by atoms with Crippen molar-refractivity contribution in [2.75, 3.05) is 0 Å². The highest BCUT2D eigenvalue weighted by Gasteiger charge is 2.05. The van der Waals surface area contributed by atoms with E-state index in [9.17, 15) is 4.39 Å². The van der Waals surface area contributed by atoms with Gasteiger partial charge in [0.15, 0.2) is 0 Å². The zero-order valence-corrected chi connectivity index (χ0v) is 10.1. The Morgan fingerprint density at radius 2 is 2.11 bits per heavy atom. The fourth-order valence-corrected chi connectivity index (χ4v) is 2.15. The molecule has 2 heterocycles. The summed E-state index contributed by atoms with van der Waals surface area (Å²) in [4.78, 5) is 4.58. The number of hydrogen-bond donors (Lipinski definition) is 0. The minimum atomic E-state index is -0.201. The molecule has 2 nitrogen and oxygen atoms in total. The summed E-state index contributed by atoms with van der Waals surface area (Å²) in [5.74, 6) is -0.201. The molecule has 3 aromatic rings. The molecule has 1 aromatic carbocycles. The molecule has 90 valence electrons. The lowest BCUT2D eigenvalue weighted by atomic mass is 10.1. The monoisotopic (exact) mass is 240 g/mol. The average molecular weight is 240 g/mol. The fraction of sp³-hybridized carbons (Fsp3) is 0.133. The quantitative estimate of drug-likeness (QED) is 0.671. The molecule has 0 aliphatic rings. The van der Waals surface area contributed by atoms with Gasteiger partial charge in [-0.3, -0.25) is 0 Å². The predicted octanol–water partition coefficient (Wildman–Crippen LogP) is 3.37. The van der Waals surface area contributed by atoms with Crippen molar-refractivity contribution >= 4 is 5.65 Å².